The molecule has 1 aromatic carbocycles. The topological polar surface area (TPSA) is 55.1 Å². The van der Waals surface area contributed by atoms with Crippen molar-refractivity contribution >= 4 is 5.91 Å². The molecule has 1 aromatic rings. The SMILES string of the molecule is NC(=O)Cc1ccc2c(c1)CNCC2. The van der Waals surface area contributed by atoms with Crippen molar-refractivity contribution in [3.8, 4) is 0 Å². The third-order valence-electron chi connectivity index (χ3n) is 2.54. The molecule has 1 aliphatic rings. The van der Waals surface area contributed by atoms with Crippen molar-refractivity contribution in [1.82, 2.24) is 5.32 Å². The molecule has 0 saturated heterocycles. The number of amides is 1. The van der Waals surface area contributed by atoms with Gasteiger partial charge in [-0.2, -0.15) is 0 Å². The van der Waals surface area contributed by atoms with Crippen molar-refractivity contribution in [2.75, 3.05) is 6.54 Å². The van der Waals surface area contributed by atoms with Crippen molar-refractivity contribution in [2.24, 2.45) is 5.73 Å². The molecule has 1 heterocycles. The summed E-state index contributed by atoms with van der Waals surface area (Å²) in [7, 11) is 0. The van der Waals surface area contributed by atoms with Gasteiger partial charge >= 0.3 is 0 Å². The van der Waals surface area contributed by atoms with E-state index in [1.807, 2.05) is 6.07 Å². The largest absolute Gasteiger partial charge is 0.369 e. The molecule has 0 unspecified atom stereocenters. The lowest BCUT2D eigenvalue weighted by Gasteiger charge is -2.17. The van der Waals surface area contributed by atoms with Gasteiger partial charge in [0.15, 0.2) is 0 Å². The van der Waals surface area contributed by atoms with Gasteiger partial charge in [-0.15, -0.1) is 0 Å². The molecule has 0 radical (unpaired) electrons. The second-order valence-corrected chi connectivity index (χ2v) is 3.67. The molecule has 0 aliphatic carbocycles. The molecule has 0 spiro atoms. The van der Waals surface area contributed by atoms with Gasteiger partial charge in [-0.05, 0) is 29.7 Å². The molecule has 0 atom stereocenters. The van der Waals surface area contributed by atoms with Crippen LogP contribution in [-0.4, -0.2) is 12.5 Å². The van der Waals surface area contributed by atoms with Crippen LogP contribution in [0.4, 0.5) is 0 Å². The zero-order valence-corrected chi connectivity index (χ0v) is 8.05. The Bertz CT molecular complexity index is 360. The molecule has 0 saturated carbocycles. The number of carbonyl (C=O) groups is 1. The number of hydrogen-bond acceptors (Lipinski definition) is 2. The van der Waals surface area contributed by atoms with Crippen LogP contribution in [0.25, 0.3) is 0 Å². The zero-order chi connectivity index (χ0) is 9.97. The fraction of sp³-hybridized carbons (Fsp3) is 0.364. The molecule has 0 fully saturated rings. The molecule has 14 heavy (non-hydrogen) atoms. The fourth-order valence-corrected chi connectivity index (χ4v) is 1.84. The van der Waals surface area contributed by atoms with E-state index in [1.54, 1.807) is 0 Å². The maximum absolute atomic E-state index is 10.7. The first kappa shape index (κ1) is 9.21. The average Bonchev–Trinajstić information content (AvgIpc) is 2.17. The normalized spacial score (nSPS) is 14.9. The molecule has 1 amide bonds. The Morgan fingerprint density at radius 1 is 1.43 bits per heavy atom. The maximum Gasteiger partial charge on any atom is 0.221 e. The van der Waals surface area contributed by atoms with Crippen LogP contribution in [0, 0.1) is 0 Å². The Hall–Kier alpha value is -1.35. The van der Waals surface area contributed by atoms with Crippen LogP contribution in [0.3, 0.4) is 0 Å². The highest BCUT2D eigenvalue weighted by atomic mass is 16.1. The number of fused-ring (bicyclic) bond motifs is 1. The number of nitrogens with one attached hydrogen (secondary N) is 1. The van der Waals surface area contributed by atoms with E-state index in [-0.39, 0.29) is 5.91 Å². The maximum atomic E-state index is 10.7. The number of primary amides is 1. The summed E-state index contributed by atoms with van der Waals surface area (Å²) in [5.41, 5.74) is 8.85. The molecule has 0 aromatic heterocycles. The van der Waals surface area contributed by atoms with Gasteiger partial charge in [-0.3, -0.25) is 4.79 Å². The average molecular weight is 190 g/mol. The predicted molar refractivity (Wildman–Crippen MR) is 54.8 cm³/mol. The first-order valence-corrected chi connectivity index (χ1v) is 4.85. The molecule has 3 nitrogen and oxygen atoms in total. The van der Waals surface area contributed by atoms with Crippen LogP contribution in [0.2, 0.25) is 0 Å². The van der Waals surface area contributed by atoms with Crippen LogP contribution in [-0.2, 0) is 24.2 Å². The Balaban J connectivity index is 2.24. The summed E-state index contributed by atoms with van der Waals surface area (Å²) >= 11 is 0. The van der Waals surface area contributed by atoms with Crippen molar-refractivity contribution in [1.29, 1.82) is 0 Å². The van der Waals surface area contributed by atoms with Crippen molar-refractivity contribution < 1.29 is 4.79 Å². The van der Waals surface area contributed by atoms with E-state index in [0.717, 1.165) is 25.1 Å². The standard InChI is InChI=1S/C11H14N2O/c12-11(14)6-8-1-2-9-3-4-13-7-10(9)5-8/h1-2,5,13H,3-4,6-7H2,(H2,12,14). The minimum Gasteiger partial charge on any atom is -0.369 e. The van der Waals surface area contributed by atoms with E-state index < -0.39 is 0 Å². The van der Waals surface area contributed by atoms with Gasteiger partial charge in [0.25, 0.3) is 0 Å². The summed E-state index contributed by atoms with van der Waals surface area (Å²) in [5, 5.41) is 3.31. The van der Waals surface area contributed by atoms with Gasteiger partial charge in [-0.1, -0.05) is 18.2 Å². The second-order valence-electron chi connectivity index (χ2n) is 3.67. The van der Waals surface area contributed by atoms with Gasteiger partial charge in [-0.25, -0.2) is 0 Å². The lowest BCUT2D eigenvalue weighted by atomic mass is 9.97. The lowest BCUT2D eigenvalue weighted by Crippen LogP contribution is -2.24. The van der Waals surface area contributed by atoms with Crippen molar-refractivity contribution in [3.05, 3.63) is 34.9 Å². The van der Waals surface area contributed by atoms with E-state index >= 15 is 0 Å². The van der Waals surface area contributed by atoms with E-state index in [0.29, 0.717) is 6.42 Å². The molecule has 1 aliphatic heterocycles. The predicted octanol–water partition coefficient (Wildman–Crippen LogP) is 0.360. The summed E-state index contributed by atoms with van der Waals surface area (Å²) < 4.78 is 0. The number of hydrogen-bond donors (Lipinski definition) is 2. The smallest absolute Gasteiger partial charge is 0.221 e. The van der Waals surface area contributed by atoms with E-state index in [2.05, 4.69) is 17.4 Å². The Labute approximate surface area is 83.3 Å². The first-order valence-electron chi connectivity index (χ1n) is 4.85. The van der Waals surface area contributed by atoms with Gasteiger partial charge in [0.1, 0.15) is 0 Å². The van der Waals surface area contributed by atoms with E-state index in [4.69, 9.17) is 5.73 Å². The van der Waals surface area contributed by atoms with Crippen molar-refractivity contribution in [2.45, 2.75) is 19.4 Å². The summed E-state index contributed by atoms with van der Waals surface area (Å²) in [4.78, 5) is 10.7. The Morgan fingerprint density at radius 3 is 3.07 bits per heavy atom. The van der Waals surface area contributed by atoms with Crippen LogP contribution in [0.15, 0.2) is 18.2 Å². The Kier molecular flexibility index (Phi) is 2.50. The fourth-order valence-electron chi connectivity index (χ4n) is 1.84. The van der Waals surface area contributed by atoms with Crippen LogP contribution in [0.5, 0.6) is 0 Å². The number of benzene rings is 1. The molecule has 74 valence electrons. The number of rotatable bonds is 2. The zero-order valence-electron chi connectivity index (χ0n) is 8.05. The molecule has 3 N–H and O–H groups in total. The highest BCUT2D eigenvalue weighted by Gasteiger charge is 2.09. The highest BCUT2D eigenvalue weighted by Crippen LogP contribution is 2.15. The summed E-state index contributed by atoms with van der Waals surface area (Å²) in [6.45, 7) is 1.95. The third kappa shape index (κ3) is 1.93. The second kappa shape index (κ2) is 3.80. The van der Waals surface area contributed by atoms with Crippen LogP contribution in [0.1, 0.15) is 16.7 Å². The first-order chi connectivity index (χ1) is 6.75. The molecule has 3 heteroatoms. The Morgan fingerprint density at radius 2 is 2.29 bits per heavy atom. The molecular formula is C11H14N2O. The summed E-state index contributed by atoms with van der Waals surface area (Å²) in [6, 6.07) is 6.18. The molecular weight excluding hydrogens is 176 g/mol. The van der Waals surface area contributed by atoms with Crippen molar-refractivity contribution in [3.63, 3.8) is 0 Å². The summed E-state index contributed by atoms with van der Waals surface area (Å²) in [5.74, 6) is -0.270. The summed E-state index contributed by atoms with van der Waals surface area (Å²) in [6.07, 6.45) is 1.42. The number of carbonyl (C=O) groups excluding carboxylic acids is 1. The lowest BCUT2D eigenvalue weighted by molar-refractivity contribution is -0.117. The third-order valence-corrected chi connectivity index (χ3v) is 2.54. The van der Waals surface area contributed by atoms with Gasteiger partial charge in [0.05, 0.1) is 6.42 Å². The quantitative estimate of drug-likeness (QED) is 0.707. The van der Waals surface area contributed by atoms with Gasteiger partial charge < -0.3 is 11.1 Å². The van der Waals surface area contributed by atoms with E-state index in [1.165, 1.54) is 11.1 Å². The highest BCUT2D eigenvalue weighted by molar-refractivity contribution is 5.76. The van der Waals surface area contributed by atoms with Gasteiger partial charge in [0, 0.05) is 6.54 Å². The van der Waals surface area contributed by atoms with Gasteiger partial charge in [0.2, 0.25) is 5.91 Å². The monoisotopic (exact) mass is 190 g/mol. The number of nitrogens with two attached hydrogens (primary N) is 1. The van der Waals surface area contributed by atoms with Crippen LogP contribution < -0.4 is 11.1 Å². The van der Waals surface area contributed by atoms with Crippen LogP contribution >= 0.6 is 0 Å². The van der Waals surface area contributed by atoms with E-state index in [9.17, 15) is 4.79 Å². The minimum absolute atomic E-state index is 0.270. The molecule has 2 rings (SSSR count). The minimum atomic E-state index is -0.270. The molecule has 0 bridgehead atoms.